The number of hydrazine groups is 2. The van der Waals surface area contributed by atoms with Crippen molar-refractivity contribution in [1.29, 1.82) is 0 Å². The molecule has 0 aliphatic carbocycles. The van der Waals surface area contributed by atoms with Crippen LogP contribution in [0.5, 0.6) is 5.75 Å². The Kier molecular flexibility index (Phi) is 4.77. The van der Waals surface area contributed by atoms with Crippen LogP contribution >= 0.6 is 0 Å². The topological polar surface area (TPSA) is 66.5 Å². The van der Waals surface area contributed by atoms with E-state index in [0.717, 1.165) is 25.7 Å². The highest BCUT2D eigenvalue weighted by atomic mass is 16.8. The van der Waals surface area contributed by atoms with Crippen molar-refractivity contribution in [2.45, 2.75) is 43.9 Å². The van der Waals surface area contributed by atoms with Crippen LogP contribution in [0.15, 0.2) is 48.5 Å². The molecule has 0 saturated carbocycles. The highest BCUT2D eigenvalue weighted by molar-refractivity contribution is 5.90. The molecule has 2 saturated heterocycles. The molecule has 0 amide bonds. The van der Waals surface area contributed by atoms with Crippen molar-refractivity contribution < 1.29 is 19.2 Å². The molecule has 3 aliphatic heterocycles. The molecule has 3 heterocycles. The van der Waals surface area contributed by atoms with E-state index in [1.807, 2.05) is 24.3 Å². The Morgan fingerprint density at radius 3 is 2.70 bits per heavy atom. The molecule has 2 bridgehead atoms. The summed E-state index contributed by atoms with van der Waals surface area (Å²) in [7, 11) is 3.70. The standard InChI is InChI=1S/C22H26N4O4/c1-24-17-10-7-14-22(24,15-13-17)29-19-12-6-11-18-20(19)26(28-2)23-25(18)30-21(27)16-8-4-3-5-9-16/h3-6,8-9,11-12,17,23H,7,10,13-15H2,1-2H3. The third kappa shape index (κ3) is 3.08. The van der Waals surface area contributed by atoms with E-state index < -0.39 is 5.97 Å². The molecule has 0 aromatic heterocycles. The van der Waals surface area contributed by atoms with Gasteiger partial charge >= 0.3 is 5.97 Å². The Morgan fingerprint density at radius 2 is 1.90 bits per heavy atom. The summed E-state index contributed by atoms with van der Waals surface area (Å²) in [6.07, 6.45) is 5.54. The molecule has 8 nitrogen and oxygen atoms in total. The molecule has 5 rings (SSSR count). The molecule has 2 fully saturated rings. The van der Waals surface area contributed by atoms with Gasteiger partial charge in [-0.25, -0.2) is 4.79 Å². The Balaban J connectivity index is 1.43. The number of fused-ring (bicyclic) bond motifs is 3. The molecule has 158 valence electrons. The summed E-state index contributed by atoms with van der Waals surface area (Å²) in [5, 5.41) is 2.76. The maximum Gasteiger partial charge on any atom is 0.365 e. The van der Waals surface area contributed by atoms with Crippen LogP contribution in [0.25, 0.3) is 0 Å². The lowest BCUT2D eigenvalue weighted by atomic mass is 10.0. The number of rotatable bonds is 5. The van der Waals surface area contributed by atoms with Crippen molar-refractivity contribution in [3.8, 4) is 5.75 Å². The molecule has 2 aromatic rings. The number of nitrogens with zero attached hydrogens (tertiary/aromatic N) is 3. The summed E-state index contributed by atoms with van der Waals surface area (Å²) in [5.41, 5.74) is 4.43. The summed E-state index contributed by atoms with van der Waals surface area (Å²) in [6, 6.07) is 15.1. The summed E-state index contributed by atoms with van der Waals surface area (Å²) in [4.78, 5) is 26.0. The zero-order valence-electron chi connectivity index (χ0n) is 17.2. The number of carbonyl (C=O) groups is 1. The summed E-state index contributed by atoms with van der Waals surface area (Å²) >= 11 is 0. The highest BCUT2D eigenvalue weighted by Gasteiger charge is 2.49. The van der Waals surface area contributed by atoms with Crippen molar-refractivity contribution in [1.82, 2.24) is 10.4 Å². The lowest BCUT2D eigenvalue weighted by Gasteiger charge is -2.42. The predicted molar refractivity (Wildman–Crippen MR) is 111 cm³/mol. The van der Waals surface area contributed by atoms with Gasteiger partial charge in [-0.3, -0.25) is 9.74 Å². The first-order valence-electron chi connectivity index (χ1n) is 10.3. The van der Waals surface area contributed by atoms with Crippen molar-refractivity contribution in [2.75, 3.05) is 24.5 Å². The van der Waals surface area contributed by atoms with E-state index in [1.165, 1.54) is 16.8 Å². The van der Waals surface area contributed by atoms with Crippen LogP contribution in [0.2, 0.25) is 0 Å². The third-order valence-electron chi connectivity index (χ3n) is 6.41. The van der Waals surface area contributed by atoms with Gasteiger partial charge in [0.05, 0.1) is 12.7 Å². The van der Waals surface area contributed by atoms with Crippen LogP contribution in [-0.2, 0) is 9.68 Å². The van der Waals surface area contributed by atoms with Crippen LogP contribution < -0.4 is 20.6 Å². The van der Waals surface area contributed by atoms with Crippen molar-refractivity contribution in [2.24, 2.45) is 0 Å². The highest BCUT2D eigenvalue weighted by Crippen LogP contribution is 2.48. The maximum atomic E-state index is 12.6. The van der Waals surface area contributed by atoms with E-state index in [9.17, 15) is 4.79 Å². The monoisotopic (exact) mass is 410 g/mol. The second-order valence-corrected chi connectivity index (χ2v) is 7.98. The molecule has 1 N–H and O–H groups in total. The number of benzene rings is 2. The number of piperidine rings is 1. The zero-order chi connectivity index (χ0) is 20.7. The van der Waals surface area contributed by atoms with Gasteiger partial charge in [-0.1, -0.05) is 29.8 Å². The van der Waals surface area contributed by atoms with Crippen LogP contribution in [0.3, 0.4) is 0 Å². The molecule has 30 heavy (non-hydrogen) atoms. The van der Waals surface area contributed by atoms with Gasteiger partial charge in [-0.15, -0.1) is 5.17 Å². The molecule has 0 spiro atoms. The fourth-order valence-corrected chi connectivity index (χ4v) is 4.79. The quantitative estimate of drug-likeness (QED) is 0.804. The Morgan fingerprint density at radius 1 is 1.07 bits per heavy atom. The van der Waals surface area contributed by atoms with E-state index in [2.05, 4.69) is 17.5 Å². The van der Waals surface area contributed by atoms with E-state index in [-0.39, 0.29) is 5.72 Å². The lowest BCUT2D eigenvalue weighted by molar-refractivity contribution is -0.0823. The number of hydrogen-bond donors (Lipinski definition) is 1. The van der Waals surface area contributed by atoms with E-state index in [0.29, 0.717) is 28.7 Å². The SMILES string of the molecule is CON1NN(OC(=O)c2ccccc2)c2cccc(OC34CCCC(CC3)N4C)c21. The second kappa shape index (κ2) is 7.46. The van der Waals surface area contributed by atoms with Gasteiger partial charge in [0.15, 0.2) is 17.2 Å². The summed E-state index contributed by atoms with van der Waals surface area (Å²) < 4.78 is 6.66. The number of hydrogen-bond acceptors (Lipinski definition) is 8. The Labute approximate surface area is 175 Å². The van der Waals surface area contributed by atoms with Crippen molar-refractivity contribution in [3.63, 3.8) is 0 Å². The zero-order valence-corrected chi connectivity index (χ0v) is 17.2. The second-order valence-electron chi connectivity index (χ2n) is 7.98. The van der Waals surface area contributed by atoms with Crippen LogP contribution in [0.4, 0.5) is 11.4 Å². The number of para-hydroxylation sites is 1. The average molecular weight is 410 g/mol. The molecule has 2 atom stereocenters. The molecular weight excluding hydrogens is 384 g/mol. The lowest BCUT2D eigenvalue weighted by Crippen LogP contribution is -2.52. The minimum Gasteiger partial charge on any atom is -0.470 e. The van der Waals surface area contributed by atoms with Crippen LogP contribution in [-0.4, -0.2) is 36.8 Å². The largest absolute Gasteiger partial charge is 0.470 e. The van der Waals surface area contributed by atoms with Gasteiger partial charge in [0, 0.05) is 18.9 Å². The van der Waals surface area contributed by atoms with E-state index >= 15 is 0 Å². The van der Waals surface area contributed by atoms with Gasteiger partial charge in [-0.05, 0) is 50.6 Å². The minimum atomic E-state index is -0.470. The molecule has 2 unspecified atom stereocenters. The normalized spacial score (nSPS) is 25.3. The first-order valence-corrected chi connectivity index (χ1v) is 10.3. The number of anilines is 2. The minimum absolute atomic E-state index is 0.300. The van der Waals surface area contributed by atoms with Crippen molar-refractivity contribution in [3.05, 3.63) is 54.1 Å². The van der Waals surface area contributed by atoms with Gasteiger partial charge in [0.25, 0.3) is 0 Å². The smallest absolute Gasteiger partial charge is 0.365 e. The van der Waals surface area contributed by atoms with Crippen molar-refractivity contribution >= 4 is 17.3 Å². The first-order chi connectivity index (χ1) is 14.6. The molecule has 0 radical (unpaired) electrons. The Hall–Kier alpha value is -2.81. The van der Waals surface area contributed by atoms with Crippen LogP contribution in [0.1, 0.15) is 42.5 Å². The average Bonchev–Trinajstić information content (AvgIpc) is 3.18. The number of carbonyl (C=O) groups excluding carboxylic acids is 1. The predicted octanol–water partition coefficient (Wildman–Crippen LogP) is 3.42. The number of nitrogens with one attached hydrogen (secondary N) is 1. The van der Waals surface area contributed by atoms with E-state index in [4.69, 9.17) is 14.4 Å². The molecular formula is C22H26N4O4. The molecule has 2 aromatic carbocycles. The van der Waals surface area contributed by atoms with Gasteiger partial charge in [0.1, 0.15) is 5.69 Å². The Bertz CT molecular complexity index is 936. The van der Waals surface area contributed by atoms with Gasteiger partial charge in [-0.2, -0.15) is 5.17 Å². The van der Waals surface area contributed by atoms with Gasteiger partial charge in [0.2, 0.25) is 0 Å². The third-order valence-corrected chi connectivity index (χ3v) is 6.41. The van der Waals surface area contributed by atoms with E-state index in [1.54, 1.807) is 31.4 Å². The molecule has 8 heteroatoms. The summed E-state index contributed by atoms with van der Waals surface area (Å²) in [5.74, 6) is 0.220. The molecule has 3 aliphatic rings. The fourth-order valence-electron chi connectivity index (χ4n) is 4.79. The first kappa shape index (κ1) is 19.2. The number of ether oxygens (including phenoxy) is 1. The fraction of sp³-hybridized carbons (Fsp3) is 0.409. The summed E-state index contributed by atoms with van der Waals surface area (Å²) in [6.45, 7) is 0. The van der Waals surface area contributed by atoms with Gasteiger partial charge < -0.3 is 9.57 Å². The van der Waals surface area contributed by atoms with Crippen LogP contribution in [0, 0.1) is 0 Å². The maximum absolute atomic E-state index is 12.6.